The van der Waals surface area contributed by atoms with Crippen molar-refractivity contribution in [3.05, 3.63) is 29.6 Å². The second kappa shape index (κ2) is 4.61. The number of rotatable bonds is 4. The number of carbonyl (C=O) groups is 1. The molecule has 4 heteroatoms. The van der Waals surface area contributed by atoms with Crippen LogP contribution in [-0.2, 0) is 14.9 Å². The average Bonchev–Trinajstić information content (AvgIpc) is 2.17. The van der Waals surface area contributed by atoms with Crippen molar-refractivity contribution in [1.29, 1.82) is 0 Å². The zero-order valence-electron chi connectivity index (χ0n) is 10.0. The first-order chi connectivity index (χ1) is 7.41. The van der Waals surface area contributed by atoms with Crippen LogP contribution in [0.2, 0.25) is 0 Å². The van der Waals surface area contributed by atoms with Crippen LogP contribution < -0.4 is 0 Å². The van der Waals surface area contributed by atoms with Gasteiger partial charge in [-0.25, -0.2) is 4.79 Å². The van der Waals surface area contributed by atoms with Gasteiger partial charge in [0.2, 0.25) is 0 Å². The lowest BCUT2D eigenvalue weighted by atomic mass is 9.80. The maximum absolute atomic E-state index is 11.1. The maximum Gasteiger partial charge on any atom is 0.333 e. The van der Waals surface area contributed by atoms with Crippen molar-refractivity contribution in [3.63, 3.8) is 0 Å². The predicted octanol–water partition coefficient (Wildman–Crippen LogP) is 1.77. The van der Waals surface area contributed by atoms with Crippen LogP contribution in [0.15, 0.2) is 18.3 Å². The Morgan fingerprint density at radius 3 is 2.62 bits per heavy atom. The van der Waals surface area contributed by atoms with Crippen molar-refractivity contribution >= 4 is 5.97 Å². The molecule has 0 aliphatic heterocycles. The fourth-order valence-corrected chi connectivity index (χ4v) is 1.99. The Hall–Kier alpha value is -1.42. The summed E-state index contributed by atoms with van der Waals surface area (Å²) in [6.07, 6.45) is 0.764. The predicted molar refractivity (Wildman–Crippen MR) is 60.4 cm³/mol. The molecule has 88 valence electrons. The maximum atomic E-state index is 11.1. The molecule has 1 N–H and O–H groups in total. The number of aromatic nitrogens is 1. The Morgan fingerprint density at radius 1 is 1.56 bits per heavy atom. The smallest absolute Gasteiger partial charge is 0.333 e. The normalized spacial score (nSPS) is 13.5. The summed E-state index contributed by atoms with van der Waals surface area (Å²) >= 11 is 0. The number of hydrogen-bond donors (Lipinski definition) is 1. The van der Waals surface area contributed by atoms with Gasteiger partial charge in [0.1, 0.15) is 0 Å². The Labute approximate surface area is 95.3 Å². The monoisotopic (exact) mass is 223 g/mol. The molecule has 16 heavy (non-hydrogen) atoms. The molecule has 0 radical (unpaired) electrons. The van der Waals surface area contributed by atoms with E-state index in [1.807, 2.05) is 32.9 Å². The molecule has 1 aromatic rings. The van der Waals surface area contributed by atoms with Crippen molar-refractivity contribution in [2.45, 2.75) is 32.3 Å². The van der Waals surface area contributed by atoms with Crippen LogP contribution in [0.3, 0.4) is 0 Å². The van der Waals surface area contributed by atoms with Gasteiger partial charge in [-0.3, -0.25) is 4.98 Å². The highest BCUT2D eigenvalue weighted by molar-refractivity contribution is 5.74. The third-order valence-corrected chi connectivity index (χ3v) is 2.74. The summed E-state index contributed by atoms with van der Waals surface area (Å²) in [6, 6.07) is 3.75. The number of carboxylic acid groups (broad SMARTS) is 1. The Morgan fingerprint density at radius 2 is 2.19 bits per heavy atom. The molecular weight excluding hydrogens is 206 g/mol. The van der Waals surface area contributed by atoms with E-state index in [9.17, 15) is 4.79 Å². The highest BCUT2D eigenvalue weighted by Crippen LogP contribution is 2.29. The van der Waals surface area contributed by atoms with Gasteiger partial charge < -0.3 is 9.84 Å². The molecule has 0 aromatic carbocycles. The summed E-state index contributed by atoms with van der Waals surface area (Å²) < 4.78 is 5.05. The number of ether oxygens (including phenoxy) is 1. The Bertz CT molecular complexity index is 388. The summed E-state index contributed by atoms with van der Waals surface area (Å²) in [5.41, 5.74) is 1.06. The zero-order chi connectivity index (χ0) is 12.3. The first-order valence-electron chi connectivity index (χ1n) is 5.09. The van der Waals surface area contributed by atoms with E-state index in [4.69, 9.17) is 9.84 Å². The van der Waals surface area contributed by atoms with E-state index in [1.165, 1.54) is 7.11 Å². The van der Waals surface area contributed by atoms with Gasteiger partial charge in [0.25, 0.3) is 0 Å². The van der Waals surface area contributed by atoms with Crippen LogP contribution in [0, 0.1) is 6.92 Å². The van der Waals surface area contributed by atoms with E-state index in [0.29, 0.717) is 0 Å². The topological polar surface area (TPSA) is 59.4 Å². The quantitative estimate of drug-likeness (QED) is 0.845. The lowest BCUT2D eigenvalue weighted by molar-refractivity contribution is -0.152. The Kier molecular flexibility index (Phi) is 3.65. The van der Waals surface area contributed by atoms with Gasteiger partial charge in [0.05, 0.1) is 5.69 Å². The highest BCUT2D eigenvalue weighted by Gasteiger charge is 2.38. The fraction of sp³-hybridized carbons (Fsp3) is 0.500. The molecule has 1 aromatic heterocycles. The fourth-order valence-electron chi connectivity index (χ4n) is 1.99. The largest absolute Gasteiger partial charge is 0.479 e. The summed E-state index contributed by atoms with van der Waals surface area (Å²) in [7, 11) is 1.40. The van der Waals surface area contributed by atoms with Crippen LogP contribution >= 0.6 is 0 Å². The lowest BCUT2D eigenvalue weighted by Crippen LogP contribution is -2.42. The minimum absolute atomic E-state index is 0.661. The van der Waals surface area contributed by atoms with Crippen LogP contribution in [0.5, 0.6) is 0 Å². The van der Waals surface area contributed by atoms with Crippen LogP contribution in [0.1, 0.15) is 25.1 Å². The summed E-state index contributed by atoms with van der Waals surface area (Å²) in [5.74, 6) is -0.974. The number of aryl methyl sites for hydroxylation is 1. The molecule has 0 bridgehead atoms. The van der Waals surface area contributed by atoms with E-state index >= 15 is 0 Å². The molecular formula is C12H17NO3. The van der Waals surface area contributed by atoms with Crippen LogP contribution in [0.25, 0.3) is 0 Å². The van der Waals surface area contributed by atoms with Crippen LogP contribution in [-0.4, -0.2) is 29.3 Å². The van der Waals surface area contributed by atoms with Gasteiger partial charge in [-0.15, -0.1) is 0 Å². The molecule has 1 heterocycles. The zero-order valence-corrected chi connectivity index (χ0v) is 10.0. The molecule has 0 saturated heterocycles. The molecule has 1 atom stereocenters. The van der Waals surface area contributed by atoms with Crippen molar-refractivity contribution in [2.75, 3.05) is 7.11 Å². The molecule has 0 aliphatic carbocycles. The number of aliphatic carboxylic acids is 1. The van der Waals surface area contributed by atoms with E-state index in [0.717, 1.165) is 11.3 Å². The van der Waals surface area contributed by atoms with E-state index < -0.39 is 17.5 Å². The molecule has 0 saturated carbocycles. The van der Waals surface area contributed by atoms with Crippen molar-refractivity contribution < 1.29 is 14.6 Å². The number of carboxylic acids is 1. The van der Waals surface area contributed by atoms with E-state index in [2.05, 4.69) is 4.98 Å². The number of methoxy groups -OCH3 is 1. The van der Waals surface area contributed by atoms with Gasteiger partial charge in [-0.2, -0.15) is 0 Å². The second-order valence-corrected chi connectivity index (χ2v) is 4.34. The summed E-state index contributed by atoms with van der Waals surface area (Å²) in [6.45, 7) is 5.56. The molecule has 1 unspecified atom stereocenters. The van der Waals surface area contributed by atoms with Gasteiger partial charge in [-0.05, 0) is 18.6 Å². The van der Waals surface area contributed by atoms with Crippen LogP contribution in [0.4, 0.5) is 0 Å². The summed E-state index contributed by atoms with van der Waals surface area (Å²) in [4.78, 5) is 15.4. The summed E-state index contributed by atoms with van der Waals surface area (Å²) in [5, 5.41) is 9.11. The molecule has 1 rings (SSSR count). The van der Waals surface area contributed by atoms with Crippen molar-refractivity contribution in [1.82, 2.24) is 4.98 Å². The second-order valence-electron chi connectivity index (χ2n) is 4.34. The highest BCUT2D eigenvalue weighted by atomic mass is 16.5. The van der Waals surface area contributed by atoms with Gasteiger partial charge in [0, 0.05) is 18.7 Å². The number of nitrogens with zero attached hydrogens (tertiary/aromatic N) is 1. The van der Waals surface area contributed by atoms with Gasteiger partial charge >= 0.3 is 5.97 Å². The van der Waals surface area contributed by atoms with E-state index in [1.54, 1.807) is 6.20 Å². The first kappa shape index (κ1) is 12.6. The lowest BCUT2D eigenvalue weighted by Gasteiger charge is -2.30. The minimum Gasteiger partial charge on any atom is -0.479 e. The third kappa shape index (κ3) is 2.22. The molecule has 0 aliphatic rings. The van der Waals surface area contributed by atoms with Crippen molar-refractivity contribution in [3.8, 4) is 0 Å². The third-order valence-electron chi connectivity index (χ3n) is 2.74. The average molecular weight is 223 g/mol. The standard InChI is InChI=1S/C12H17NO3/c1-8-6-5-7-13-9(8)12(2,3)10(16-4)11(14)15/h5-7,10H,1-4H3,(H,14,15). The molecule has 0 fully saturated rings. The number of pyridine rings is 1. The van der Waals surface area contributed by atoms with E-state index in [-0.39, 0.29) is 0 Å². The minimum atomic E-state index is -0.974. The SMILES string of the molecule is COC(C(=O)O)C(C)(C)c1ncccc1C. The molecule has 4 nitrogen and oxygen atoms in total. The molecule has 0 amide bonds. The molecule has 0 spiro atoms. The first-order valence-corrected chi connectivity index (χ1v) is 5.09. The van der Waals surface area contributed by atoms with Crippen molar-refractivity contribution in [2.24, 2.45) is 0 Å². The van der Waals surface area contributed by atoms with Gasteiger partial charge in [-0.1, -0.05) is 19.9 Å². The van der Waals surface area contributed by atoms with Gasteiger partial charge in [0.15, 0.2) is 6.10 Å². The number of hydrogen-bond acceptors (Lipinski definition) is 3. The Balaban J connectivity index is 3.19.